The summed E-state index contributed by atoms with van der Waals surface area (Å²) in [6, 6.07) is 0. The van der Waals surface area contributed by atoms with Gasteiger partial charge in [0.2, 0.25) is 0 Å². The summed E-state index contributed by atoms with van der Waals surface area (Å²) >= 11 is 0. The lowest BCUT2D eigenvalue weighted by Crippen LogP contribution is -2.58. The first-order valence-corrected chi connectivity index (χ1v) is 5.68. The fraction of sp³-hybridized carbons (Fsp3) is 1.00. The highest BCUT2D eigenvalue weighted by molar-refractivity contribution is 4.92. The molecule has 0 bridgehead atoms. The highest BCUT2D eigenvalue weighted by atomic mass is 16.5. The van der Waals surface area contributed by atoms with Crippen LogP contribution in [0.3, 0.4) is 0 Å². The van der Waals surface area contributed by atoms with Crippen molar-refractivity contribution < 1.29 is 20.1 Å². The molecule has 6 atom stereocenters. The van der Waals surface area contributed by atoms with Crippen molar-refractivity contribution in [1.82, 2.24) is 0 Å². The van der Waals surface area contributed by atoms with Crippen LogP contribution in [0, 0.1) is 5.92 Å². The maximum absolute atomic E-state index is 9.79. The summed E-state index contributed by atoms with van der Waals surface area (Å²) in [7, 11) is 0. The first-order chi connectivity index (χ1) is 6.99. The largest absolute Gasteiger partial charge is 0.388 e. The van der Waals surface area contributed by atoms with E-state index < -0.39 is 24.4 Å². The SMILES string of the molecule is CCCC(C)[C@@H]1O[C@H](C)C(O)C(O)C1O. The van der Waals surface area contributed by atoms with Gasteiger partial charge in [-0.05, 0) is 19.3 Å². The lowest BCUT2D eigenvalue weighted by molar-refractivity contribution is -0.228. The molecule has 0 aromatic rings. The van der Waals surface area contributed by atoms with Gasteiger partial charge in [-0.25, -0.2) is 0 Å². The fourth-order valence-electron chi connectivity index (χ4n) is 2.17. The molecule has 0 amide bonds. The van der Waals surface area contributed by atoms with E-state index >= 15 is 0 Å². The zero-order valence-electron chi connectivity index (χ0n) is 9.63. The number of aliphatic hydroxyl groups excluding tert-OH is 3. The molecule has 0 spiro atoms. The van der Waals surface area contributed by atoms with Crippen molar-refractivity contribution in [2.45, 2.75) is 64.1 Å². The second-order valence-corrected chi connectivity index (χ2v) is 4.54. The Labute approximate surface area is 90.9 Å². The highest BCUT2D eigenvalue weighted by Crippen LogP contribution is 2.27. The number of hydrogen-bond acceptors (Lipinski definition) is 4. The van der Waals surface area contributed by atoms with E-state index in [1.807, 2.05) is 6.92 Å². The minimum Gasteiger partial charge on any atom is -0.388 e. The lowest BCUT2D eigenvalue weighted by atomic mass is 9.87. The lowest BCUT2D eigenvalue weighted by Gasteiger charge is -2.41. The molecule has 90 valence electrons. The van der Waals surface area contributed by atoms with Crippen LogP contribution in [0.4, 0.5) is 0 Å². The molecule has 1 aliphatic rings. The molecule has 1 saturated heterocycles. The van der Waals surface area contributed by atoms with Crippen LogP contribution in [0.15, 0.2) is 0 Å². The van der Waals surface area contributed by atoms with Crippen molar-refractivity contribution in [3.8, 4) is 0 Å². The molecule has 0 saturated carbocycles. The molecule has 15 heavy (non-hydrogen) atoms. The smallest absolute Gasteiger partial charge is 0.111 e. The molecule has 4 nitrogen and oxygen atoms in total. The monoisotopic (exact) mass is 218 g/mol. The summed E-state index contributed by atoms with van der Waals surface area (Å²) < 4.78 is 5.54. The quantitative estimate of drug-likeness (QED) is 0.637. The van der Waals surface area contributed by atoms with Gasteiger partial charge in [-0.15, -0.1) is 0 Å². The van der Waals surface area contributed by atoms with E-state index in [2.05, 4.69) is 6.92 Å². The van der Waals surface area contributed by atoms with E-state index in [0.29, 0.717) is 0 Å². The third-order valence-corrected chi connectivity index (χ3v) is 3.19. The third-order valence-electron chi connectivity index (χ3n) is 3.19. The molecule has 1 fully saturated rings. The van der Waals surface area contributed by atoms with Crippen LogP contribution in [-0.2, 0) is 4.74 Å². The van der Waals surface area contributed by atoms with Crippen molar-refractivity contribution in [2.75, 3.05) is 0 Å². The molecule has 3 N–H and O–H groups in total. The number of ether oxygens (including phenoxy) is 1. The zero-order valence-corrected chi connectivity index (χ0v) is 9.63. The predicted octanol–water partition coefficient (Wildman–Crippen LogP) is 0.293. The third kappa shape index (κ3) is 2.69. The minimum atomic E-state index is -1.10. The summed E-state index contributed by atoms with van der Waals surface area (Å²) in [6.07, 6.45) is -1.93. The molecule has 4 heteroatoms. The van der Waals surface area contributed by atoms with Gasteiger partial charge in [0.1, 0.15) is 18.3 Å². The highest BCUT2D eigenvalue weighted by Gasteiger charge is 2.43. The Bertz CT molecular complexity index is 197. The molecule has 0 aromatic carbocycles. The molecule has 1 rings (SSSR count). The fourth-order valence-corrected chi connectivity index (χ4v) is 2.17. The van der Waals surface area contributed by atoms with Gasteiger partial charge in [-0.3, -0.25) is 0 Å². The number of rotatable bonds is 3. The summed E-state index contributed by atoms with van der Waals surface area (Å²) in [6.45, 7) is 5.78. The number of hydrogen-bond donors (Lipinski definition) is 3. The van der Waals surface area contributed by atoms with Crippen molar-refractivity contribution in [2.24, 2.45) is 5.92 Å². The van der Waals surface area contributed by atoms with Gasteiger partial charge in [-0.1, -0.05) is 20.3 Å². The standard InChI is InChI=1S/C11H22O4/c1-4-5-6(2)11-10(14)9(13)8(12)7(3)15-11/h6-14H,4-5H2,1-3H3/t6?,7-,8?,9?,10?,11+/m1/s1. The average Bonchev–Trinajstić information content (AvgIpc) is 2.20. The van der Waals surface area contributed by atoms with E-state index in [1.165, 1.54) is 0 Å². The Morgan fingerprint density at radius 1 is 1.13 bits per heavy atom. The predicted molar refractivity (Wildman–Crippen MR) is 56.4 cm³/mol. The van der Waals surface area contributed by atoms with Crippen LogP contribution < -0.4 is 0 Å². The molecule has 1 aliphatic heterocycles. The Balaban J connectivity index is 2.65. The van der Waals surface area contributed by atoms with Gasteiger partial charge in [-0.2, -0.15) is 0 Å². The van der Waals surface area contributed by atoms with Gasteiger partial charge in [0, 0.05) is 0 Å². The number of aliphatic hydroxyl groups is 3. The Hall–Kier alpha value is -0.160. The maximum atomic E-state index is 9.79. The minimum absolute atomic E-state index is 0.189. The van der Waals surface area contributed by atoms with E-state index in [0.717, 1.165) is 12.8 Å². The van der Waals surface area contributed by atoms with Crippen LogP contribution >= 0.6 is 0 Å². The Morgan fingerprint density at radius 2 is 1.73 bits per heavy atom. The van der Waals surface area contributed by atoms with Gasteiger partial charge < -0.3 is 20.1 Å². The average molecular weight is 218 g/mol. The summed E-state index contributed by atoms with van der Waals surface area (Å²) in [4.78, 5) is 0. The summed E-state index contributed by atoms with van der Waals surface area (Å²) in [5.74, 6) is 0.189. The summed E-state index contributed by atoms with van der Waals surface area (Å²) in [5.41, 5.74) is 0. The molecule has 0 aromatic heterocycles. The molecule has 0 aliphatic carbocycles. The molecular formula is C11H22O4. The van der Waals surface area contributed by atoms with E-state index in [-0.39, 0.29) is 12.0 Å². The van der Waals surface area contributed by atoms with Gasteiger partial charge in [0.05, 0.1) is 12.2 Å². The van der Waals surface area contributed by atoms with Crippen molar-refractivity contribution in [3.63, 3.8) is 0 Å². The van der Waals surface area contributed by atoms with Crippen LogP contribution in [0.2, 0.25) is 0 Å². The van der Waals surface area contributed by atoms with Crippen molar-refractivity contribution >= 4 is 0 Å². The molecule has 4 unspecified atom stereocenters. The summed E-state index contributed by atoms with van der Waals surface area (Å²) in [5, 5.41) is 28.9. The Morgan fingerprint density at radius 3 is 2.27 bits per heavy atom. The zero-order chi connectivity index (χ0) is 11.6. The van der Waals surface area contributed by atoms with Crippen LogP contribution in [0.1, 0.15) is 33.6 Å². The molecule has 0 radical (unpaired) electrons. The van der Waals surface area contributed by atoms with Crippen LogP contribution in [-0.4, -0.2) is 45.8 Å². The normalized spacial score (nSPS) is 44.0. The van der Waals surface area contributed by atoms with E-state index in [1.54, 1.807) is 6.92 Å². The van der Waals surface area contributed by atoms with Crippen LogP contribution in [0.25, 0.3) is 0 Å². The first kappa shape index (κ1) is 12.9. The van der Waals surface area contributed by atoms with E-state index in [9.17, 15) is 15.3 Å². The Kier molecular flexibility index (Phi) is 4.52. The van der Waals surface area contributed by atoms with Gasteiger partial charge in [0.15, 0.2) is 0 Å². The topological polar surface area (TPSA) is 69.9 Å². The molecule has 1 heterocycles. The van der Waals surface area contributed by atoms with Crippen molar-refractivity contribution in [1.29, 1.82) is 0 Å². The van der Waals surface area contributed by atoms with Crippen LogP contribution in [0.5, 0.6) is 0 Å². The first-order valence-electron chi connectivity index (χ1n) is 5.68. The second kappa shape index (κ2) is 5.25. The van der Waals surface area contributed by atoms with Gasteiger partial charge in [0.25, 0.3) is 0 Å². The van der Waals surface area contributed by atoms with Gasteiger partial charge >= 0.3 is 0 Å². The maximum Gasteiger partial charge on any atom is 0.111 e. The van der Waals surface area contributed by atoms with E-state index in [4.69, 9.17) is 4.74 Å². The second-order valence-electron chi connectivity index (χ2n) is 4.54. The molecular weight excluding hydrogens is 196 g/mol. The van der Waals surface area contributed by atoms with Crippen molar-refractivity contribution in [3.05, 3.63) is 0 Å².